The van der Waals surface area contributed by atoms with Crippen molar-refractivity contribution in [2.24, 2.45) is 0 Å². The predicted molar refractivity (Wildman–Crippen MR) is 114 cm³/mol. The van der Waals surface area contributed by atoms with Gasteiger partial charge in [0.1, 0.15) is 13.2 Å². The fourth-order valence-electron chi connectivity index (χ4n) is 3.00. The number of fused-ring (bicyclic) bond motifs is 1. The number of carbonyl (C=O) groups excluding carboxylic acids is 2. The van der Waals surface area contributed by atoms with Crippen molar-refractivity contribution in [3.8, 4) is 11.5 Å². The van der Waals surface area contributed by atoms with Gasteiger partial charge in [0, 0.05) is 21.1 Å². The molecule has 1 heterocycles. The molecule has 1 aliphatic rings. The molecular weight excluding hydrogens is 458 g/mol. The zero-order valence-electron chi connectivity index (χ0n) is 15.1. The molecular formula is C22H15BrClNO4. The summed E-state index contributed by atoms with van der Waals surface area (Å²) in [6.07, 6.45) is 0. The highest BCUT2D eigenvalue weighted by Crippen LogP contribution is 2.37. The third kappa shape index (κ3) is 4.13. The smallest absolute Gasteiger partial charge is 0.256 e. The fraction of sp³-hybridized carbons (Fsp3) is 0.0909. The Morgan fingerprint density at radius 1 is 0.897 bits per heavy atom. The summed E-state index contributed by atoms with van der Waals surface area (Å²) >= 11 is 9.42. The van der Waals surface area contributed by atoms with E-state index in [1.54, 1.807) is 54.6 Å². The van der Waals surface area contributed by atoms with Crippen molar-refractivity contribution in [2.45, 2.75) is 0 Å². The number of rotatable bonds is 4. The summed E-state index contributed by atoms with van der Waals surface area (Å²) in [6.45, 7) is 0.784. The Morgan fingerprint density at radius 2 is 1.62 bits per heavy atom. The van der Waals surface area contributed by atoms with Crippen molar-refractivity contribution >= 4 is 44.9 Å². The second kappa shape index (κ2) is 8.27. The lowest BCUT2D eigenvalue weighted by Gasteiger charge is -2.21. The Labute approximate surface area is 180 Å². The fourth-order valence-corrected chi connectivity index (χ4v) is 3.66. The van der Waals surface area contributed by atoms with E-state index in [4.69, 9.17) is 21.1 Å². The summed E-state index contributed by atoms with van der Waals surface area (Å²) in [4.78, 5) is 26.0. The number of hydrogen-bond acceptors (Lipinski definition) is 4. The molecule has 0 saturated carbocycles. The highest BCUT2D eigenvalue weighted by atomic mass is 79.9. The molecule has 0 saturated heterocycles. The Hall–Kier alpha value is -2.83. The molecule has 0 fully saturated rings. The molecule has 0 aromatic heterocycles. The molecule has 0 atom stereocenters. The molecule has 0 radical (unpaired) electrons. The van der Waals surface area contributed by atoms with E-state index < -0.39 is 0 Å². The number of ketones is 1. The normalized spacial score (nSPS) is 12.3. The first-order valence-electron chi connectivity index (χ1n) is 8.83. The quantitative estimate of drug-likeness (QED) is 0.519. The highest BCUT2D eigenvalue weighted by Gasteiger charge is 2.23. The number of hydrogen-bond donors (Lipinski definition) is 1. The van der Waals surface area contributed by atoms with Crippen LogP contribution in [-0.2, 0) is 0 Å². The lowest BCUT2D eigenvalue weighted by atomic mass is 10.0. The summed E-state index contributed by atoms with van der Waals surface area (Å²) in [7, 11) is 0. The number of nitrogens with one attached hydrogen (secondary N) is 1. The molecule has 5 nitrogen and oxygen atoms in total. The number of carbonyl (C=O) groups is 2. The first kappa shape index (κ1) is 19.5. The van der Waals surface area contributed by atoms with Crippen LogP contribution < -0.4 is 14.8 Å². The van der Waals surface area contributed by atoms with E-state index in [9.17, 15) is 9.59 Å². The molecule has 3 aromatic rings. The minimum absolute atomic E-state index is 0.285. The largest absolute Gasteiger partial charge is 0.486 e. The van der Waals surface area contributed by atoms with Gasteiger partial charge in [-0.15, -0.1) is 0 Å². The van der Waals surface area contributed by atoms with Crippen LogP contribution in [0.4, 0.5) is 5.69 Å². The van der Waals surface area contributed by atoms with Crippen LogP contribution in [0.2, 0.25) is 5.02 Å². The topological polar surface area (TPSA) is 64.6 Å². The third-order valence-electron chi connectivity index (χ3n) is 4.38. The third-order valence-corrected chi connectivity index (χ3v) is 5.31. The standard InChI is InChI=1S/C22H15BrClNO4/c23-17-7-2-1-6-15(17)22(27)25-18-12-20-19(28-8-9-29-20)11-16(18)21(26)13-4-3-5-14(24)10-13/h1-7,10-12H,8-9H2,(H,25,27). The van der Waals surface area contributed by atoms with Crippen LogP contribution in [0, 0.1) is 0 Å². The molecule has 3 aromatic carbocycles. The van der Waals surface area contributed by atoms with Crippen molar-refractivity contribution in [1.82, 2.24) is 0 Å². The maximum atomic E-state index is 13.2. The zero-order chi connectivity index (χ0) is 20.4. The van der Waals surface area contributed by atoms with E-state index in [0.717, 1.165) is 0 Å². The summed E-state index contributed by atoms with van der Waals surface area (Å²) in [6, 6.07) is 16.9. The molecule has 7 heteroatoms. The van der Waals surface area contributed by atoms with Crippen molar-refractivity contribution < 1.29 is 19.1 Å². The Kier molecular flexibility index (Phi) is 5.56. The summed E-state index contributed by atoms with van der Waals surface area (Å²) in [5, 5.41) is 3.28. The van der Waals surface area contributed by atoms with Gasteiger partial charge in [-0.2, -0.15) is 0 Å². The van der Waals surface area contributed by atoms with Gasteiger partial charge in [-0.25, -0.2) is 0 Å². The van der Waals surface area contributed by atoms with Crippen molar-refractivity contribution in [3.05, 3.63) is 86.8 Å². The van der Waals surface area contributed by atoms with Gasteiger partial charge in [0.2, 0.25) is 0 Å². The van der Waals surface area contributed by atoms with Crippen LogP contribution in [0.3, 0.4) is 0 Å². The molecule has 4 rings (SSSR count). The predicted octanol–water partition coefficient (Wildman–Crippen LogP) is 5.36. The van der Waals surface area contributed by atoms with Crippen LogP contribution in [0.15, 0.2) is 65.1 Å². The van der Waals surface area contributed by atoms with Crippen LogP contribution in [0.1, 0.15) is 26.3 Å². The van der Waals surface area contributed by atoms with Crippen molar-refractivity contribution in [2.75, 3.05) is 18.5 Å². The van der Waals surface area contributed by atoms with Gasteiger partial charge in [0.05, 0.1) is 16.8 Å². The van der Waals surface area contributed by atoms with Gasteiger partial charge in [0.15, 0.2) is 17.3 Å². The van der Waals surface area contributed by atoms with Gasteiger partial charge >= 0.3 is 0 Å². The average molecular weight is 473 g/mol. The van der Waals surface area contributed by atoms with E-state index in [-0.39, 0.29) is 17.3 Å². The van der Waals surface area contributed by atoms with Gasteiger partial charge < -0.3 is 14.8 Å². The molecule has 0 bridgehead atoms. The molecule has 29 heavy (non-hydrogen) atoms. The minimum Gasteiger partial charge on any atom is -0.486 e. The molecule has 146 valence electrons. The zero-order valence-corrected chi connectivity index (χ0v) is 17.4. The number of halogens is 2. The molecule has 1 N–H and O–H groups in total. The Morgan fingerprint density at radius 3 is 2.34 bits per heavy atom. The van der Waals surface area contributed by atoms with Crippen LogP contribution in [0.25, 0.3) is 0 Å². The monoisotopic (exact) mass is 471 g/mol. The Balaban J connectivity index is 1.76. The maximum Gasteiger partial charge on any atom is 0.256 e. The SMILES string of the molecule is O=C(Nc1cc2c(cc1C(=O)c1cccc(Cl)c1)OCCO2)c1ccccc1Br. The Bertz CT molecular complexity index is 1120. The van der Waals surface area contributed by atoms with Gasteiger partial charge in [-0.05, 0) is 46.3 Å². The van der Waals surface area contributed by atoms with E-state index in [1.165, 1.54) is 0 Å². The number of ether oxygens (including phenoxy) is 2. The van der Waals surface area contributed by atoms with Crippen molar-refractivity contribution in [3.63, 3.8) is 0 Å². The maximum absolute atomic E-state index is 13.2. The van der Waals surface area contributed by atoms with Crippen LogP contribution in [-0.4, -0.2) is 24.9 Å². The molecule has 0 aliphatic carbocycles. The molecule has 1 amide bonds. The first-order chi connectivity index (χ1) is 14.0. The highest BCUT2D eigenvalue weighted by molar-refractivity contribution is 9.10. The van der Waals surface area contributed by atoms with E-state index in [1.807, 2.05) is 6.07 Å². The van der Waals surface area contributed by atoms with Gasteiger partial charge in [0.25, 0.3) is 5.91 Å². The van der Waals surface area contributed by atoms with E-state index in [2.05, 4.69) is 21.2 Å². The molecule has 0 unspecified atom stereocenters. The van der Waals surface area contributed by atoms with Crippen molar-refractivity contribution in [1.29, 1.82) is 0 Å². The molecule has 0 spiro atoms. The van der Waals surface area contributed by atoms with E-state index >= 15 is 0 Å². The second-order valence-electron chi connectivity index (χ2n) is 6.31. The summed E-state index contributed by atoms with van der Waals surface area (Å²) < 4.78 is 11.9. The number of anilines is 1. The van der Waals surface area contributed by atoms with Crippen LogP contribution in [0.5, 0.6) is 11.5 Å². The van der Waals surface area contributed by atoms with Gasteiger partial charge in [-0.3, -0.25) is 9.59 Å². The van der Waals surface area contributed by atoms with Crippen LogP contribution >= 0.6 is 27.5 Å². The lowest BCUT2D eigenvalue weighted by molar-refractivity contribution is 0.102. The minimum atomic E-state index is -0.353. The second-order valence-corrected chi connectivity index (χ2v) is 7.61. The van der Waals surface area contributed by atoms with E-state index in [0.29, 0.717) is 51.0 Å². The van der Waals surface area contributed by atoms with Gasteiger partial charge in [-0.1, -0.05) is 35.9 Å². The summed E-state index contributed by atoms with van der Waals surface area (Å²) in [5.74, 6) is 0.294. The average Bonchev–Trinajstić information content (AvgIpc) is 2.73. The summed E-state index contributed by atoms with van der Waals surface area (Å²) in [5.41, 5.74) is 1.48. The number of benzene rings is 3. The lowest BCUT2D eigenvalue weighted by Crippen LogP contribution is -2.19. The molecule has 1 aliphatic heterocycles. The number of amides is 1. The first-order valence-corrected chi connectivity index (χ1v) is 10.00.